The molecule has 1 nitrogen and oxygen atoms in total. The second-order valence-electron chi connectivity index (χ2n) is 7.37. The number of carbonyl (C=O) groups excluding carboxylic acids is 1. The van der Waals surface area contributed by atoms with Crippen LogP contribution in [0.1, 0.15) is 67.7 Å². The third-order valence-electron chi connectivity index (χ3n) is 2.63. The van der Waals surface area contributed by atoms with Gasteiger partial charge < -0.3 is 11.7 Å². The minimum atomic E-state index is -0.252. The summed E-state index contributed by atoms with van der Waals surface area (Å²) in [7, 11) is 3.45. The smallest absolute Gasteiger partial charge is 0.111 e. The fourth-order valence-electron chi connectivity index (χ4n) is 1.71. The number of carbonyl (C=O) groups is 1. The van der Waals surface area contributed by atoms with Crippen LogP contribution >= 0.6 is 21.6 Å². The summed E-state index contributed by atoms with van der Waals surface area (Å²) in [5.74, 6) is 1.45. The van der Waals surface area contributed by atoms with Gasteiger partial charge in [0.15, 0.2) is 0 Å². The second-order valence-corrected chi connectivity index (χ2v) is 9.66. The Kier molecular flexibility index (Phi) is 18.1. The number of rotatable bonds is 6. The number of unbranched alkanes of at least 4 members (excludes halogenated alkanes) is 1. The van der Waals surface area contributed by atoms with Crippen LogP contribution in [0.3, 0.4) is 0 Å². The summed E-state index contributed by atoms with van der Waals surface area (Å²) in [6.07, 6.45) is 7.13. The van der Waals surface area contributed by atoms with E-state index >= 15 is 0 Å². The van der Waals surface area contributed by atoms with Crippen LogP contribution in [0.25, 0.3) is 0 Å². The molecule has 0 rings (SSSR count). The quantitative estimate of drug-likeness (QED) is 0.286. The Hall–Kier alpha value is 1.47. The minimum absolute atomic E-state index is 0. The van der Waals surface area contributed by atoms with Crippen molar-refractivity contribution in [3.63, 3.8) is 0 Å². The molecule has 0 aliphatic heterocycles. The number of ketones is 1. The molecule has 0 fully saturated rings. The zero-order valence-electron chi connectivity index (χ0n) is 15.1. The first-order valence-corrected chi connectivity index (χ1v) is 9.85. The summed E-state index contributed by atoms with van der Waals surface area (Å²) in [6.45, 7) is 18.4. The van der Waals surface area contributed by atoms with Crippen molar-refractivity contribution in [3.05, 3.63) is 13.2 Å². The van der Waals surface area contributed by atoms with E-state index in [-0.39, 0.29) is 55.2 Å². The molecule has 21 heavy (non-hydrogen) atoms. The van der Waals surface area contributed by atoms with Crippen molar-refractivity contribution in [3.8, 4) is 0 Å². The van der Waals surface area contributed by atoms with Gasteiger partial charge in [-0.25, -0.2) is 0 Å². The monoisotopic (exact) mass is 407 g/mol. The molecular weight excluding hydrogens is 373 g/mol. The Morgan fingerprint density at radius 2 is 1.62 bits per heavy atom. The molecule has 0 spiro atoms. The van der Waals surface area contributed by atoms with Gasteiger partial charge >= 0.3 is 0 Å². The summed E-state index contributed by atoms with van der Waals surface area (Å²) in [4.78, 5) is 11.8. The van der Waals surface area contributed by atoms with Gasteiger partial charge in [-0.15, -0.1) is 16.7 Å². The molecule has 4 heteroatoms. The van der Waals surface area contributed by atoms with Gasteiger partial charge in [0, 0.05) is 43.9 Å². The van der Waals surface area contributed by atoms with Crippen molar-refractivity contribution >= 4 is 27.4 Å². The van der Waals surface area contributed by atoms with Gasteiger partial charge in [-0.1, -0.05) is 61.3 Å². The van der Waals surface area contributed by atoms with Gasteiger partial charge in [-0.05, 0) is 11.8 Å². The van der Waals surface area contributed by atoms with Gasteiger partial charge in [0.05, 0.1) is 0 Å². The number of hydrogen-bond donors (Lipinski definition) is 0. The van der Waals surface area contributed by atoms with E-state index in [1.807, 2.05) is 31.6 Å². The van der Waals surface area contributed by atoms with Crippen LogP contribution in [0.2, 0.25) is 0 Å². The fourth-order valence-corrected chi connectivity index (χ4v) is 2.94. The molecule has 1 radical (unpaired) electrons. The summed E-state index contributed by atoms with van der Waals surface area (Å²) in [5.41, 5.74) is -0.0645. The molecular formula is C17H34OS2Y-2. The van der Waals surface area contributed by atoms with Crippen molar-refractivity contribution in [1.29, 1.82) is 0 Å². The average molecular weight is 407 g/mol. The Balaban J connectivity index is -0.000000347. The first-order valence-electron chi connectivity index (χ1n) is 7.36. The van der Waals surface area contributed by atoms with Gasteiger partial charge in [-0.3, -0.25) is 17.0 Å². The molecule has 0 heterocycles. The minimum Gasteiger partial charge on any atom is -0.333 e. The van der Waals surface area contributed by atoms with E-state index < -0.39 is 0 Å². The van der Waals surface area contributed by atoms with Crippen molar-refractivity contribution in [1.82, 2.24) is 0 Å². The summed E-state index contributed by atoms with van der Waals surface area (Å²) in [6, 6.07) is 0. The van der Waals surface area contributed by atoms with Crippen molar-refractivity contribution in [2.24, 2.45) is 16.7 Å². The van der Waals surface area contributed by atoms with Gasteiger partial charge in [0.25, 0.3) is 0 Å². The fraction of sp³-hybridized carbons (Fsp3) is 0.824. The molecule has 0 aliphatic rings. The molecule has 0 aromatic rings. The molecule has 0 aromatic heterocycles. The molecule has 0 aliphatic carbocycles. The molecule has 1 unspecified atom stereocenters. The van der Waals surface area contributed by atoms with Crippen LogP contribution in [-0.4, -0.2) is 11.5 Å². The molecule has 1 atom stereocenters. The standard InChI is InChI=1S/C12H23O.C5H11S2.Y/c1-9(8-11(2,3)4)10(13)12(5,6)7;1-3-4-5-7-6-2;/h9H,1,8H2,2-7H3;2-5H2,1H3;/q2*-1;. The molecule has 0 saturated carbocycles. The van der Waals surface area contributed by atoms with Crippen molar-refractivity contribution < 1.29 is 37.5 Å². The van der Waals surface area contributed by atoms with E-state index in [9.17, 15) is 4.79 Å². The van der Waals surface area contributed by atoms with Gasteiger partial charge in [-0.2, -0.15) is 0 Å². The molecule has 0 bridgehead atoms. The SMILES string of the molecule is [CH2-]C(CC(C)(C)C)C(=O)C(C)(C)C.[CH2-]SSCCCC.[Y]. The molecule has 0 saturated heterocycles. The summed E-state index contributed by atoms with van der Waals surface area (Å²) in [5, 5.41) is 0. The van der Waals surface area contributed by atoms with Crippen LogP contribution < -0.4 is 0 Å². The maximum Gasteiger partial charge on any atom is 0.111 e. The maximum absolute atomic E-state index is 11.8. The van der Waals surface area contributed by atoms with Crippen LogP contribution in [-0.2, 0) is 37.5 Å². The number of hydrogen-bond acceptors (Lipinski definition) is 3. The Bertz CT molecular complexity index is 250. The maximum atomic E-state index is 11.8. The zero-order valence-corrected chi connectivity index (χ0v) is 19.6. The van der Waals surface area contributed by atoms with Crippen molar-refractivity contribution in [2.75, 3.05) is 5.75 Å². The van der Waals surface area contributed by atoms with Gasteiger partial charge in [0.2, 0.25) is 0 Å². The van der Waals surface area contributed by atoms with E-state index in [0.29, 0.717) is 0 Å². The van der Waals surface area contributed by atoms with Crippen LogP contribution in [0.5, 0.6) is 0 Å². The first-order chi connectivity index (χ1) is 8.95. The Morgan fingerprint density at radius 1 is 1.14 bits per heavy atom. The number of Topliss-reactive ketones (excluding diaryl/α,β-unsaturated/α-hetero) is 1. The largest absolute Gasteiger partial charge is 0.333 e. The molecule has 125 valence electrons. The molecule has 0 amide bonds. The first kappa shape index (κ1) is 27.3. The Morgan fingerprint density at radius 3 is 1.90 bits per heavy atom. The van der Waals surface area contributed by atoms with Crippen molar-refractivity contribution in [2.45, 2.75) is 67.7 Å². The Labute approximate surface area is 167 Å². The van der Waals surface area contributed by atoms with Gasteiger partial charge in [0.1, 0.15) is 5.78 Å². The average Bonchev–Trinajstić information content (AvgIpc) is 2.26. The summed E-state index contributed by atoms with van der Waals surface area (Å²) < 4.78 is 0. The van der Waals surface area contributed by atoms with Crippen LogP contribution in [0.15, 0.2) is 0 Å². The van der Waals surface area contributed by atoms with E-state index in [4.69, 9.17) is 0 Å². The normalized spacial score (nSPS) is 12.8. The summed E-state index contributed by atoms with van der Waals surface area (Å²) >= 11 is 0. The topological polar surface area (TPSA) is 17.1 Å². The van der Waals surface area contributed by atoms with E-state index in [1.54, 1.807) is 10.8 Å². The third-order valence-corrected chi connectivity index (χ3v) is 4.26. The van der Waals surface area contributed by atoms with Crippen LogP contribution in [0.4, 0.5) is 0 Å². The molecule has 0 aromatic carbocycles. The predicted octanol–water partition coefficient (Wildman–Crippen LogP) is 6.45. The van der Waals surface area contributed by atoms with E-state index in [1.165, 1.54) is 18.6 Å². The second kappa shape index (κ2) is 13.9. The molecule has 0 N–H and O–H groups in total. The van der Waals surface area contributed by atoms with Crippen LogP contribution in [0, 0.1) is 29.9 Å². The van der Waals surface area contributed by atoms with E-state index in [0.717, 1.165) is 6.42 Å². The predicted molar refractivity (Wildman–Crippen MR) is 97.7 cm³/mol. The third kappa shape index (κ3) is 19.4. The van der Waals surface area contributed by atoms with E-state index in [2.05, 4.69) is 40.9 Å². The zero-order chi connectivity index (χ0) is 16.4.